The van der Waals surface area contributed by atoms with Gasteiger partial charge in [0.25, 0.3) is 0 Å². The molecule has 0 aromatic heterocycles. The van der Waals surface area contributed by atoms with Gasteiger partial charge in [-0.15, -0.1) is 4.40 Å². The van der Waals surface area contributed by atoms with E-state index in [-0.39, 0.29) is 5.75 Å². The third kappa shape index (κ3) is 2.89. The Morgan fingerprint density at radius 3 is 2.17 bits per heavy atom. The summed E-state index contributed by atoms with van der Waals surface area (Å²) >= 11 is 3.44. The Balaban J connectivity index is 4.93. The lowest BCUT2D eigenvalue weighted by Gasteiger charge is -2.02. The summed E-state index contributed by atoms with van der Waals surface area (Å²) in [5.74, 6) is -1.05. The van der Waals surface area contributed by atoms with Gasteiger partial charge in [0, 0.05) is 5.75 Å². The molecular formula is C3H5F3N2O2S2. The largest absolute Gasteiger partial charge is 0.518 e. The molecule has 72 valence electrons. The minimum Gasteiger partial charge on any atom is -0.386 e. The van der Waals surface area contributed by atoms with Crippen molar-refractivity contribution in [2.45, 2.75) is 5.51 Å². The average molecular weight is 222 g/mol. The highest BCUT2D eigenvalue weighted by atomic mass is 32.2. The molecule has 0 radical (unpaired) electrons. The molecule has 0 saturated heterocycles. The summed E-state index contributed by atoms with van der Waals surface area (Å²) < 4.78 is 57.3. The summed E-state index contributed by atoms with van der Waals surface area (Å²) in [5, 5.41) is 0. The Kier molecular flexibility index (Phi) is 3.39. The number of sulfonamides is 1. The van der Waals surface area contributed by atoms with Gasteiger partial charge < -0.3 is 5.73 Å². The molecule has 0 fully saturated rings. The normalized spacial score (nSPS) is 14.8. The van der Waals surface area contributed by atoms with Crippen molar-refractivity contribution in [2.24, 2.45) is 10.1 Å². The number of halogens is 3. The SMILES string of the molecule is NC(CS)=NS(=O)(=O)C(F)(F)F. The maximum absolute atomic E-state index is 11.6. The van der Waals surface area contributed by atoms with Crippen molar-refractivity contribution in [2.75, 3.05) is 5.75 Å². The smallest absolute Gasteiger partial charge is 0.386 e. The highest BCUT2D eigenvalue weighted by molar-refractivity contribution is 7.91. The van der Waals surface area contributed by atoms with Crippen LogP contribution in [0.3, 0.4) is 0 Å². The second-order valence-corrected chi connectivity index (χ2v) is 3.57. The van der Waals surface area contributed by atoms with Crippen LogP contribution in [0.2, 0.25) is 0 Å². The topological polar surface area (TPSA) is 72.5 Å². The van der Waals surface area contributed by atoms with Crippen molar-refractivity contribution in [1.29, 1.82) is 0 Å². The minimum atomic E-state index is -5.50. The Morgan fingerprint density at radius 2 is 1.92 bits per heavy atom. The van der Waals surface area contributed by atoms with E-state index in [4.69, 9.17) is 5.73 Å². The van der Waals surface area contributed by atoms with Crippen molar-refractivity contribution in [3.63, 3.8) is 0 Å². The van der Waals surface area contributed by atoms with Crippen LogP contribution in [-0.2, 0) is 10.0 Å². The van der Waals surface area contributed by atoms with Gasteiger partial charge >= 0.3 is 15.5 Å². The first-order valence-corrected chi connectivity index (χ1v) is 4.54. The van der Waals surface area contributed by atoms with Crippen LogP contribution in [0.5, 0.6) is 0 Å². The van der Waals surface area contributed by atoms with Crippen LogP contribution in [0.4, 0.5) is 13.2 Å². The van der Waals surface area contributed by atoms with Gasteiger partial charge in [0.15, 0.2) is 0 Å². The minimum absolute atomic E-state index is 0.352. The lowest BCUT2D eigenvalue weighted by molar-refractivity contribution is -0.0435. The molecule has 0 unspecified atom stereocenters. The summed E-state index contributed by atoms with van der Waals surface area (Å²) in [6.45, 7) is 0. The van der Waals surface area contributed by atoms with Gasteiger partial charge in [-0.2, -0.15) is 34.2 Å². The third-order valence-electron chi connectivity index (χ3n) is 0.692. The molecule has 4 nitrogen and oxygen atoms in total. The first kappa shape index (κ1) is 11.6. The van der Waals surface area contributed by atoms with Gasteiger partial charge in [-0.05, 0) is 0 Å². The molecule has 0 aliphatic heterocycles. The van der Waals surface area contributed by atoms with Crippen LogP contribution in [0.1, 0.15) is 0 Å². The summed E-state index contributed by atoms with van der Waals surface area (Å²) in [7, 11) is -5.50. The average Bonchev–Trinajstić information content (AvgIpc) is 1.84. The fraction of sp³-hybridized carbons (Fsp3) is 0.667. The van der Waals surface area contributed by atoms with E-state index in [1.54, 1.807) is 0 Å². The van der Waals surface area contributed by atoms with Crippen molar-refractivity contribution >= 4 is 28.5 Å². The fourth-order valence-electron chi connectivity index (χ4n) is 0.235. The number of rotatable bonds is 2. The quantitative estimate of drug-likeness (QED) is 0.396. The van der Waals surface area contributed by atoms with E-state index in [2.05, 4.69) is 17.0 Å². The van der Waals surface area contributed by atoms with Crippen molar-refractivity contribution in [3.8, 4) is 0 Å². The number of amidine groups is 1. The van der Waals surface area contributed by atoms with Crippen LogP contribution in [0.15, 0.2) is 4.40 Å². The zero-order valence-electron chi connectivity index (χ0n) is 5.54. The maximum atomic E-state index is 11.6. The molecule has 0 amide bonds. The maximum Gasteiger partial charge on any atom is 0.518 e. The molecule has 2 N–H and O–H groups in total. The molecule has 0 aliphatic rings. The highest BCUT2D eigenvalue weighted by Crippen LogP contribution is 2.24. The molecule has 0 aliphatic carbocycles. The van der Waals surface area contributed by atoms with E-state index in [0.29, 0.717) is 0 Å². The van der Waals surface area contributed by atoms with Crippen LogP contribution in [-0.4, -0.2) is 25.5 Å². The van der Waals surface area contributed by atoms with E-state index in [1.807, 2.05) is 0 Å². The zero-order valence-corrected chi connectivity index (χ0v) is 7.25. The Labute approximate surface area is 72.1 Å². The number of thiol groups is 1. The molecule has 0 heterocycles. The Bertz CT molecular complexity index is 280. The van der Waals surface area contributed by atoms with Crippen molar-refractivity contribution in [3.05, 3.63) is 0 Å². The molecule has 0 saturated carbocycles. The van der Waals surface area contributed by atoms with Crippen LogP contribution >= 0.6 is 12.6 Å². The molecule has 12 heavy (non-hydrogen) atoms. The van der Waals surface area contributed by atoms with Gasteiger partial charge in [-0.25, -0.2) is 0 Å². The molecule has 0 bridgehead atoms. The number of hydrogen-bond acceptors (Lipinski definition) is 3. The first-order valence-electron chi connectivity index (χ1n) is 2.47. The molecule has 0 aromatic carbocycles. The molecular weight excluding hydrogens is 217 g/mol. The van der Waals surface area contributed by atoms with Crippen LogP contribution < -0.4 is 5.73 Å². The van der Waals surface area contributed by atoms with E-state index < -0.39 is 21.4 Å². The lowest BCUT2D eigenvalue weighted by atomic mass is 10.7. The fourth-order valence-corrected chi connectivity index (χ4v) is 0.878. The van der Waals surface area contributed by atoms with E-state index in [1.165, 1.54) is 0 Å². The van der Waals surface area contributed by atoms with Crippen molar-refractivity contribution in [1.82, 2.24) is 0 Å². The summed E-state index contributed by atoms with van der Waals surface area (Å²) in [6, 6.07) is 0. The second kappa shape index (κ2) is 3.52. The molecule has 9 heteroatoms. The summed E-state index contributed by atoms with van der Waals surface area (Å²) in [4.78, 5) is 0. The predicted octanol–water partition coefficient (Wildman–Crippen LogP) is 0.123. The summed E-state index contributed by atoms with van der Waals surface area (Å²) in [5.41, 5.74) is -0.652. The van der Waals surface area contributed by atoms with Crippen molar-refractivity contribution < 1.29 is 21.6 Å². The first-order chi connectivity index (χ1) is 5.20. The van der Waals surface area contributed by atoms with E-state index >= 15 is 0 Å². The van der Waals surface area contributed by atoms with Crippen LogP contribution in [0, 0.1) is 0 Å². The number of hydrogen-bond donors (Lipinski definition) is 2. The molecule has 0 aromatic rings. The number of nitrogens with two attached hydrogens (primary N) is 1. The van der Waals surface area contributed by atoms with Gasteiger partial charge in [-0.3, -0.25) is 0 Å². The van der Waals surface area contributed by atoms with Gasteiger partial charge in [0.2, 0.25) is 0 Å². The highest BCUT2D eigenvalue weighted by Gasteiger charge is 2.46. The summed E-state index contributed by atoms with van der Waals surface area (Å²) in [6.07, 6.45) is 0. The second-order valence-electron chi connectivity index (χ2n) is 1.66. The Morgan fingerprint density at radius 1 is 1.50 bits per heavy atom. The number of alkyl halides is 3. The molecule has 0 spiro atoms. The zero-order chi connectivity index (χ0) is 9.99. The monoisotopic (exact) mass is 222 g/mol. The van der Waals surface area contributed by atoms with E-state index in [9.17, 15) is 21.6 Å². The third-order valence-corrected chi connectivity index (χ3v) is 2.08. The Hall–Kier alpha value is -0.440. The van der Waals surface area contributed by atoms with Gasteiger partial charge in [-0.1, -0.05) is 0 Å². The lowest BCUT2D eigenvalue weighted by Crippen LogP contribution is -2.25. The standard InChI is InChI=1S/C3H5F3N2O2S2/c4-3(5,6)12(9,10)8-2(7)1-11/h11H,1H2,(H2,7,8). The van der Waals surface area contributed by atoms with Gasteiger partial charge in [0.1, 0.15) is 5.84 Å². The number of nitrogens with zero attached hydrogens (tertiary/aromatic N) is 1. The predicted molar refractivity (Wildman–Crippen MR) is 40.5 cm³/mol. The van der Waals surface area contributed by atoms with Gasteiger partial charge in [0.05, 0.1) is 0 Å². The van der Waals surface area contributed by atoms with E-state index in [0.717, 1.165) is 0 Å². The van der Waals surface area contributed by atoms with Crippen LogP contribution in [0.25, 0.3) is 0 Å². The molecule has 0 rings (SSSR count). The molecule has 0 atom stereocenters.